The highest BCUT2D eigenvalue weighted by Crippen LogP contribution is 2.24. The largest absolute Gasteiger partial charge is 0.392 e. The van der Waals surface area contributed by atoms with Crippen LogP contribution in [-0.4, -0.2) is 17.0 Å². The fourth-order valence-corrected chi connectivity index (χ4v) is 3.16. The van der Waals surface area contributed by atoms with Gasteiger partial charge in [0, 0.05) is 10.6 Å². The van der Waals surface area contributed by atoms with Gasteiger partial charge in [-0.1, -0.05) is 47.0 Å². The molecule has 0 radical (unpaired) electrons. The van der Waals surface area contributed by atoms with Crippen molar-refractivity contribution >= 4 is 35.0 Å². The number of hydrogen-bond donors (Lipinski definition) is 1. The summed E-state index contributed by atoms with van der Waals surface area (Å²) in [5.41, 5.74) is 2.23. The van der Waals surface area contributed by atoms with E-state index in [0.29, 0.717) is 22.2 Å². The molecule has 2 aromatic rings. The van der Waals surface area contributed by atoms with Crippen LogP contribution in [0.25, 0.3) is 0 Å². The first-order chi connectivity index (χ1) is 9.54. The molecule has 2 rings (SSSR count). The van der Waals surface area contributed by atoms with Crippen molar-refractivity contribution in [2.24, 2.45) is 0 Å². The van der Waals surface area contributed by atoms with Gasteiger partial charge >= 0.3 is 0 Å². The lowest BCUT2D eigenvalue weighted by molar-refractivity contribution is 0.200. The van der Waals surface area contributed by atoms with Gasteiger partial charge in [-0.25, -0.2) is 0 Å². The average molecular weight is 327 g/mol. The van der Waals surface area contributed by atoms with Crippen molar-refractivity contribution in [3.05, 3.63) is 63.6 Å². The molecule has 0 heterocycles. The van der Waals surface area contributed by atoms with E-state index in [1.165, 1.54) is 10.5 Å². The van der Waals surface area contributed by atoms with Crippen LogP contribution >= 0.6 is 35.0 Å². The Bertz CT molecular complexity index is 586. The zero-order valence-corrected chi connectivity index (χ0v) is 13.5. The molecule has 0 saturated carbocycles. The van der Waals surface area contributed by atoms with Crippen molar-refractivity contribution < 1.29 is 5.11 Å². The molecule has 0 spiro atoms. The molecule has 1 atom stereocenters. The van der Waals surface area contributed by atoms with Crippen LogP contribution in [0.3, 0.4) is 0 Å². The van der Waals surface area contributed by atoms with Crippen molar-refractivity contribution in [3.63, 3.8) is 0 Å². The molecule has 0 fully saturated rings. The standard InChI is InChI=1S/C16H16Cl2OS/c1-11-3-2-4-14(7-11)20-10-13(19)8-12-5-6-15(17)16(18)9-12/h2-7,9,13,19H,8,10H2,1H3. The van der Waals surface area contributed by atoms with Crippen LogP contribution in [0.5, 0.6) is 0 Å². The molecule has 0 aliphatic carbocycles. The van der Waals surface area contributed by atoms with Gasteiger partial charge in [0.25, 0.3) is 0 Å². The topological polar surface area (TPSA) is 20.2 Å². The van der Waals surface area contributed by atoms with Gasteiger partial charge in [0.1, 0.15) is 0 Å². The minimum atomic E-state index is -0.405. The second-order valence-corrected chi connectivity index (χ2v) is 6.64. The summed E-state index contributed by atoms with van der Waals surface area (Å²) in [6.07, 6.45) is 0.174. The predicted octanol–water partition coefficient (Wildman–Crippen LogP) is 5.00. The monoisotopic (exact) mass is 326 g/mol. The molecular formula is C16H16Cl2OS. The molecule has 0 saturated heterocycles. The Labute approximate surface area is 133 Å². The van der Waals surface area contributed by atoms with E-state index in [-0.39, 0.29) is 0 Å². The van der Waals surface area contributed by atoms with E-state index in [0.717, 1.165) is 5.56 Å². The van der Waals surface area contributed by atoms with Gasteiger partial charge in [-0.3, -0.25) is 0 Å². The number of halogens is 2. The molecule has 4 heteroatoms. The normalized spacial score (nSPS) is 12.4. The van der Waals surface area contributed by atoms with Crippen LogP contribution in [-0.2, 0) is 6.42 Å². The maximum atomic E-state index is 10.1. The Hall–Kier alpha value is -0.670. The van der Waals surface area contributed by atoms with Crippen molar-refractivity contribution in [2.75, 3.05) is 5.75 Å². The molecule has 0 amide bonds. The zero-order chi connectivity index (χ0) is 14.5. The van der Waals surface area contributed by atoms with Gasteiger partial charge < -0.3 is 5.11 Å². The van der Waals surface area contributed by atoms with Gasteiger partial charge in [-0.05, 0) is 43.2 Å². The number of aliphatic hydroxyl groups is 1. The summed E-state index contributed by atoms with van der Waals surface area (Å²) in [7, 11) is 0. The minimum Gasteiger partial charge on any atom is -0.392 e. The number of aliphatic hydroxyl groups excluding tert-OH is 1. The summed E-state index contributed by atoms with van der Waals surface area (Å²) >= 11 is 13.5. The first-order valence-electron chi connectivity index (χ1n) is 6.36. The molecule has 0 aliphatic heterocycles. The summed E-state index contributed by atoms with van der Waals surface area (Å²) in [6, 6.07) is 13.7. The molecule has 0 aromatic heterocycles. The van der Waals surface area contributed by atoms with Crippen molar-refractivity contribution in [2.45, 2.75) is 24.3 Å². The third-order valence-electron chi connectivity index (χ3n) is 2.89. The maximum absolute atomic E-state index is 10.1. The van der Waals surface area contributed by atoms with E-state index in [4.69, 9.17) is 23.2 Å². The van der Waals surface area contributed by atoms with Gasteiger partial charge in [-0.15, -0.1) is 11.8 Å². The minimum absolute atomic E-state index is 0.405. The molecule has 20 heavy (non-hydrogen) atoms. The zero-order valence-electron chi connectivity index (χ0n) is 11.1. The molecule has 1 N–H and O–H groups in total. The summed E-state index contributed by atoms with van der Waals surface area (Å²) in [5.74, 6) is 0.656. The first kappa shape index (κ1) is 15.7. The van der Waals surface area contributed by atoms with E-state index in [9.17, 15) is 5.11 Å². The second-order valence-electron chi connectivity index (χ2n) is 4.73. The third kappa shape index (κ3) is 4.71. The van der Waals surface area contributed by atoms with Crippen LogP contribution < -0.4 is 0 Å². The van der Waals surface area contributed by atoms with E-state index < -0.39 is 6.10 Å². The Balaban J connectivity index is 1.89. The van der Waals surface area contributed by atoms with Crippen LogP contribution in [0.2, 0.25) is 10.0 Å². The number of aryl methyl sites for hydroxylation is 1. The Morgan fingerprint density at radius 1 is 1.10 bits per heavy atom. The highest BCUT2D eigenvalue weighted by Gasteiger charge is 2.08. The number of rotatable bonds is 5. The lowest BCUT2D eigenvalue weighted by Gasteiger charge is -2.11. The van der Waals surface area contributed by atoms with Crippen molar-refractivity contribution in [1.82, 2.24) is 0 Å². The average Bonchev–Trinajstić information content (AvgIpc) is 2.41. The second kappa shape index (κ2) is 7.37. The van der Waals surface area contributed by atoms with Crippen LogP contribution in [0, 0.1) is 6.92 Å². The van der Waals surface area contributed by atoms with Gasteiger partial charge in [-0.2, -0.15) is 0 Å². The van der Waals surface area contributed by atoms with E-state index in [1.807, 2.05) is 18.2 Å². The highest BCUT2D eigenvalue weighted by molar-refractivity contribution is 7.99. The lowest BCUT2D eigenvalue weighted by atomic mass is 10.1. The Morgan fingerprint density at radius 2 is 1.90 bits per heavy atom. The van der Waals surface area contributed by atoms with Gasteiger partial charge in [0.15, 0.2) is 0 Å². The fraction of sp³-hybridized carbons (Fsp3) is 0.250. The SMILES string of the molecule is Cc1cccc(SCC(O)Cc2ccc(Cl)c(Cl)c2)c1. The van der Waals surface area contributed by atoms with Crippen molar-refractivity contribution in [3.8, 4) is 0 Å². The Kier molecular flexibility index (Phi) is 5.79. The van der Waals surface area contributed by atoms with E-state index in [2.05, 4.69) is 25.1 Å². The molecule has 1 unspecified atom stereocenters. The van der Waals surface area contributed by atoms with Crippen LogP contribution in [0.1, 0.15) is 11.1 Å². The Morgan fingerprint density at radius 3 is 2.60 bits per heavy atom. The highest BCUT2D eigenvalue weighted by atomic mass is 35.5. The summed E-state index contributed by atoms with van der Waals surface area (Å²) in [4.78, 5) is 1.18. The van der Waals surface area contributed by atoms with Crippen LogP contribution in [0.4, 0.5) is 0 Å². The summed E-state index contributed by atoms with van der Waals surface area (Å²) < 4.78 is 0. The predicted molar refractivity (Wildman–Crippen MR) is 88.1 cm³/mol. The third-order valence-corrected chi connectivity index (χ3v) is 4.77. The van der Waals surface area contributed by atoms with E-state index >= 15 is 0 Å². The van der Waals surface area contributed by atoms with Crippen LogP contribution in [0.15, 0.2) is 47.4 Å². The molecular weight excluding hydrogens is 311 g/mol. The van der Waals surface area contributed by atoms with Crippen molar-refractivity contribution in [1.29, 1.82) is 0 Å². The summed E-state index contributed by atoms with van der Waals surface area (Å²) in [5, 5.41) is 11.2. The molecule has 106 valence electrons. The molecule has 2 aromatic carbocycles. The number of benzene rings is 2. The summed E-state index contributed by atoms with van der Waals surface area (Å²) in [6.45, 7) is 2.07. The van der Waals surface area contributed by atoms with Gasteiger partial charge in [0.2, 0.25) is 0 Å². The van der Waals surface area contributed by atoms with Gasteiger partial charge in [0.05, 0.1) is 16.1 Å². The smallest absolute Gasteiger partial charge is 0.0674 e. The molecule has 0 bridgehead atoms. The lowest BCUT2D eigenvalue weighted by Crippen LogP contribution is -2.13. The van der Waals surface area contributed by atoms with E-state index in [1.54, 1.807) is 17.8 Å². The quantitative estimate of drug-likeness (QED) is 0.780. The number of thioether (sulfide) groups is 1. The fourth-order valence-electron chi connectivity index (χ4n) is 1.90. The maximum Gasteiger partial charge on any atom is 0.0674 e. The first-order valence-corrected chi connectivity index (χ1v) is 8.10. The molecule has 1 nitrogen and oxygen atoms in total. The number of hydrogen-bond acceptors (Lipinski definition) is 2. The molecule has 0 aliphatic rings.